The first-order valence-corrected chi connectivity index (χ1v) is 10.4. The highest BCUT2D eigenvalue weighted by atomic mass is 16.5. The highest BCUT2D eigenvalue weighted by Gasteiger charge is 2.48. The lowest BCUT2D eigenvalue weighted by Crippen LogP contribution is -2.43. The smallest absolute Gasteiger partial charge is 0.254 e. The number of aryl methyl sites for hydroxylation is 1. The number of carbonyl (C=O) groups is 1. The lowest BCUT2D eigenvalue weighted by molar-refractivity contribution is 0.0766. The van der Waals surface area contributed by atoms with Crippen LogP contribution in [0.15, 0.2) is 48.8 Å². The summed E-state index contributed by atoms with van der Waals surface area (Å²) in [5, 5.41) is 8.53. The van der Waals surface area contributed by atoms with Gasteiger partial charge in [-0.1, -0.05) is 31.2 Å². The van der Waals surface area contributed by atoms with Crippen molar-refractivity contribution in [2.24, 2.45) is 13.0 Å². The predicted octanol–water partition coefficient (Wildman–Crippen LogP) is 3.70. The lowest BCUT2D eigenvalue weighted by atomic mass is 9.58. The summed E-state index contributed by atoms with van der Waals surface area (Å²) in [5.41, 5.74) is 4.04. The summed E-state index contributed by atoms with van der Waals surface area (Å²) < 4.78 is 7.24. The Bertz CT molecular complexity index is 1100. The summed E-state index contributed by atoms with van der Waals surface area (Å²) in [4.78, 5) is 15.1. The number of nitrogens with zero attached hydrogens (tertiary/aromatic N) is 4. The average molecular weight is 402 g/mol. The van der Waals surface area contributed by atoms with E-state index in [1.165, 1.54) is 5.56 Å². The molecule has 2 aromatic carbocycles. The Labute approximate surface area is 176 Å². The monoisotopic (exact) mass is 402 g/mol. The molecule has 0 N–H and O–H groups in total. The summed E-state index contributed by atoms with van der Waals surface area (Å²) in [6, 6.07) is 14.3. The number of fused-ring (bicyclic) bond motifs is 1. The van der Waals surface area contributed by atoms with Gasteiger partial charge in [-0.25, -0.2) is 0 Å². The van der Waals surface area contributed by atoms with Gasteiger partial charge in [-0.3, -0.25) is 4.79 Å². The molecule has 1 fully saturated rings. The van der Waals surface area contributed by atoms with Gasteiger partial charge in [0.2, 0.25) is 0 Å². The Hall–Kier alpha value is -3.15. The van der Waals surface area contributed by atoms with E-state index in [0.717, 1.165) is 41.1 Å². The number of methoxy groups -OCH3 is 1. The van der Waals surface area contributed by atoms with E-state index in [2.05, 4.69) is 35.3 Å². The normalized spacial score (nSPS) is 22.7. The summed E-state index contributed by atoms with van der Waals surface area (Å²) in [6.45, 7) is 3.51. The van der Waals surface area contributed by atoms with E-state index in [-0.39, 0.29) is 11.3 Å². The van der Waals surface area contributed by atoms with Gasteiger partial charge in [0.25, 0.3) is 5.91 Å². The van der Waals surface area contributed by atoms with Crippen LogP contribution in [0.3, 0.4) is 0 Å². The summed E-state index contributed by atoms with van der Waals surface area (Å²) in [5.74, 6) is 2.55. The molecule has 3 aromatic rings. The largest absolute Gasteiger partial charge is 0.497 e. The minimum atomic E-state index is -0.149. The highest BCUT2D eigenvalue weighted by Crippen LogP contribution is 2.51. The number of carbonyl (C=O) groups excluding carboxylic acids is 1. The van der Waals surface area contributed by atoms with Gasteiger partial charge < -0.3 is 14.2 Å². The van der Waals surface area contributed by atoms with Crippen molar-refractivity contribution in [2.45, 2.75) is 38.3 Å². The topological polar surface area (TPSA) is 60.2 Å². The van der Waals surface area contributed by atoms with Crippen molar-refractivity contribution in [3.05, 3.63) is 76.9 Å². The number of rotatable bonds is 5. The van der Waals surface area contributed by atoms with E-state index in [0.29, 0.717) is 19.0 Å². The van der Waals surface area contributed by atoms with Crippen molar-refractivity contribution in [1.82, 2.24) is 19.7 Å². The van der Waals surface area contributed by atoms with Crippen LogP contribution >= 0.6 is 0 Å². The molecule has 0 unspecified atom stereocenters. The van der Waals surface area contributed by atoms with Crippen molar-refractivity contribution < 1.29 is 9.53 Å². The Balaban J connectivity index is 1.43. The quantitative estimate of drug-likeness (QED) is 0.653. The Morgan fingerprint density at radius 1 is 1.17 bits per heavy atom. The van der Waals surface area contributed by atoms with Crippen LogP contribution in [0.5, 0.6) is 5.75 Å². The molecule has 5 rings (SSSR count). The van der Waals surface area contributed by atoms with E-state index in [1.54, 1.807) is 13.4 Å². The van der Waals surface area contributed by atoms with Crippen LogP contribution in [-0.4, -0.2) is 32.7 Å². The Kier molecular flexibility index (Phi) is 4.38. The molecule has 0 spiro atoms. The van der Waals surface area contributed by atoms with E-state index in [1.807, 2.05) is 40.8 Å². The van der Waals surface area contributed by atoms with Crippen LogP contribution < -0.4 is 4.74 Å². The second kappa shape index (κ2) is 6.97. The first-order valence-electron chi connectivity index (χ1n) is 10.4. The van der Waals surface area contributed by atoms with Crippen LogP contribution in [0.2, 0.25) is 0 Å². The lowest BCUT2D eigenvalue weighted by Gasteiger charge is -2.46. The molecule has 2 heterocycles. The Morgan fingerprint density at radius 3 is 2.57 bits per heavy atom. The molecule has 30 heavy (non-hydrogen) atoms. The maximum Gasteiger partial charge on any atom is 0.254 e. The van der Waals surface area contributed by atoms with Gasteiger partial charge in [0.05, 0.1) is 12.5 Å². The molecular formula is C24H26N4O2. The molecule has 6 heteroatoms. The van der Waals surface area contributed by atoms with Gasteiger partial charge in [-0.2, -0.15) is 0 Å². The molecule has 2 aliphatic rings. The van der Waals surface area contributed by atoms with E-state index in [9.17, 15) is 4.79 Å². The molecule has 0 saturated heterocycles. The zero-order valence-corrected chi connectivity index (χ0v) is 17.6. The number of amides is 1. The third-order valence-electron chi connectivity index (χ3n) is 6.61. The van der Waals surface area contributed by atoms with Crippen molar-refractivity contribution >= 4 is 5.91 Å². The number of hydrogen-bond donors (Lipinski definition) is 0. The first-order chi connectivity index (χ1) is 14.5. The van der Waals surface area contributed by atoms with Gasteiger partial charge in [0.15, 0.2) is 0 Å². The number of aromatic nitrogens is 3. The molecule has 0 atom stereocenters. The third-order valence-corrected chi connectivity index (χ3v) is 6.61. The highest BCUT2D eigenvalue weighted by molar-refractivity contribution is 5.98. The zero-order valence-electron chi connectivity index (χ0n) is 17.6. The summed E-state index contributed by atoms with van der Waals surface area (Å²) in [7, 11) is 3.65. The van der Waals surface area contributed by atoms with Gasteiger partial charge in [0, 0.05) is 25.7 Å². The molecule has 154 valence electrons. The molecule has 1 aliphatic carbocycles. The maximum atomic E-state index is 13.2. The standard InChI is InChI=1S/C24H26N4O2/c1-16-11-24(12-16,23-26-25-15-27(23)2)19-7-6-18-14-28(22(29)21(18)10-19)13-17-4-8-20(30-3)9-5-17/h4-10,15-16H,11-14H2,1-3H3. The van der Waals surface area contributed by atoms with Gasteiger partial charge in [-0.05, 0) is 53.6 Å². The SMILES string of the molecule is COc1ccc(CN2Cc3ccc(C4(c5nncn5C)CC(C)C4)cc3C2=O)cc1. The van der Waals surface area contributed by atoms with Crippen molar-refractivity contribution in [3.63, 3.8) is 0 Å². The van der Waals surface area contributed by atoms with Gasteiger partial charge in [0.1, 0.15) is 17.9 Å². The molecule has 0 radical (unpaired) electrons. The van der Waals surface area contributed by atoms with Crippen molar-refractivity contribution in [2.75, 3.05) is 7.11 Å². The van der Waals surface area contributed by atoms with Gasteiger partial charge in [-0.15, -0.1) is 10.2 Å². The number of benzene rings is 2. The second-order valence-electron chi connectivity index (χ2n) is 8.74. The second-order valence-corrected chi connectivity index (χ2v) is 8.74. The molecule has 6 nitrogen and oxygen atoms in total. The van der Waals surface area contributed by atoms with E-state index >= 15 is 0 Å². The third kappa shape index (κ3) is 2.90. The van der Waals surface area contributed by atoms with E-state index < -0.39 is 0 Å². The molecule has 1 amide bonds. The minimum Gasteiger partial charge on any atom is -0.497 e. The molecule has 1 aromatic heterocycles. The van der Waals surface area contributed by atoms with Crippen LogP contribution in [0.1, 0.15) is 52.6 Å². The van der Waals surface area contributed by atoms with Crippen molar-refractivity contribution in [3.8, 4) is 5.75 Å². The zero-order chi connectivity index (χ0) is 20.9. The molecule has 0 bridgehead atoms. The summed E-state index contributed by atoms with van der Waals surface area (Å²) >= 11 is 0. The molecule has 1 aliphatic heterocycles. The first kappa shape index (κ1) is 18.9. The summed E-state index contributed by atoms with van der Waals surface area (Å²) in [6.07, 6.45) is 3.82. The van der Waals surface area contributed by atoms with Crippen LogP contribution in [0, 0.1) is 5.92 Å². The Morgan fingerprint density at radius 2 is 1.93 bits per heavy atom. The maximum absolute atomic E-state index is 13.2. The van der Waals surface area contributed by atoms with E-state index in [4.69, 9.17) is 4.74 Å². The number of hydrogen-bond acceptors (Lipinski definition) is 4. The van der Waals surface area contributed by atoms with Crippen LogP contribution in [0.25, 0.3) is 0 Å². The average Bonchev–Trinajstić information content (AvgIpc) is 3.29. The van der Waals surface area contributed by atoms with Crippen molar-refractivity contribution in [1.29, 1.82) is 0 Å². The fourth-order valence-electron chi connectivity index (χ4n) is 5.13. The van der Waals surface area contributed by atoms with Gasteiger partial charge >= 0.3 is 0 Å². The molecule has 1 saturated carbocycles. The fourth-order valence-corrected chi connectivity index (χ4v) is 5.13. The fraction of sp³-hybridized carbons (Fsp3) is 0.375. The predicted molar refractivity (Wildman–Crippen MR) is 113 cm³/mol. The molecular weight excluding hydrogens is 376 g/mol. The number of ether oxygens (including phenoxy) is 1. The van der Waals surface area contributed by atoms with Crippen LogP contribution in [-0.2, 0) is 25.6 Å². The minimum absolute atomic E-state index is 0.100. The van der Waals surface area contributed by atoms with Crippen LogP contribution in [0.4, 0.5) is 0 Å².